The Hall–Kier alpha value is -3.42. The molecule has 3 heterocycles. The van der Waals surface area contributed by atoms with Gasteiger partial charge < -0.3 is 21.5 Å². The standard InChI is InChI=1S/C26H29N7O3S2/c27-25-32-23-8-3-18(15-24(23)37-25)1-2-19-16-29-26(30-17-19)31-21-4-6-22(7-5-21)38(35,36)33-12-9-20(10-13-33)28-11-14-34/h1-8,15-17,20,28,34H,9-14H2,(H2,27,32)(H,29,30,31)/b2-1+. The minimum Gasteiger partial charge on any atom is -0.395 e. The second-order valence-corrected chi connectivity index (χ2v) is 12.0. The number of sulfonamides is 1. The molecule has 1 aliphatic rings. The molecule has 5 N–H and O–H groups in total. The SMILES string of the molecule is Nc1nc2ccc(/C=C/c3cnc(Nc4ccc(S(=O)(=O)N5CCC(NCCO)CC5)cc4)nc3)cc2s1. The molecule has 12 heteroatoms. The third-order valence-corrected chi connectivity index (χ3v) is 9.08. The average molecular weight is 552 g/mol. The Labute approximate surface area is 225 Å². The van der Waals surface area contributed by atoms with Crippen LogP contribution in [-0.2, 0) is 10.0 Å². The number of hydrogen-bond donors (Lipinski definition) is 4. The summed E-state index contributed by atoms with van der Waals surface area (Å²) in [6.45, 7) is 1.51. The number of rotatable bonds is 9. The maximum atomic E-state index is 13.1. The first-order valence-corrected chi connectivity index (χ1v) is 14.5. The van der Waals surface area contributed by atoms with Crippen molar-refractivity contribution in [2.24, 2.45) is 0 Å². The van der Waals surface area contributed by atoms with Gasteiger partial charge in [-0.3, -0.25) is 0 Å². The van der Waals surface area contributed by atoms with Crippen molar-refractivity contribution in [3.05, 3.63) is 66.0 Å². The van der Waals surface area contributed by atoms with Gasteiger partial charge in [-0.1, -0.05) is 29.6 Å². The molecule has 0 aliphatic carbocycles. The fraction of sp³-hybridized carbons (Fsp3) is 0.269. The number of benzene rings is 2. The molecule has 1 fully saturated rings. The lowest BCUT2D eigenvalue weighted by molar-refractivity contribution is 0.252. The van der Waals surface area contributed by atoms with E-state index < -0.39 is 10.0 Å². The Balaban J connectivity index is 1.18. The molecule has 1 saturated heterocycles. The van der Waals surface area contributed by atoms with Gasteiger partial charge in [-0.2, -0.15) is 4.31 Å². The number of thiazole rings is 1. The molecule has 2 aromatic carbocycles. The predicted octanol–water partition coefficient (Wildman–Crippen LogP) is 3.32. The quantitative estimate of drug-likeness (QED) is 0.246. The van der Waals surface area contributed by atoms with Crippen LogP contribution in [0.25, 0.3) is 22.4 Å². The maximum absolute atomic E-state index is 13.1. The van der Waals surface area contributed by atoms with Crippen molar-refractivity contribution in [1.82, 2.24) is 24.6 Å². The lowest BCUT2D eigenvalue weighted by Gasteiger charge is -2.31. The van der Waals surface area contributed by atoms with Crippen LogP contribution in [0, 0.1) is 0 Å². The van der Waals surface area contributed by atoms with E-state index in [1.807, 2.05) is 30.4 Å². The summed E-state index contributed by atoms with van der Waals surface area (Å²) in [6, 6.07) is 12.8. The summed E-state index contributed by atoms with van der Waals surface area (Å²) >= 11 is 1.46. The molecule has 4 aromatic rings. The summed E-state index contributed by atoms with van der Waals surface area (Å²) < 4.78 is 28.7. The largest absolute Gasteiger partial charge is 0.395 e. The summed E-state index contributed by atoms with van der Waals surface area (Å²) in [7, 11) is -3.56. The fourth-order valence-corrected chi connectivity index (χ4v) is 6.55. The van der Waals surface area contributed by atoms with Gasteiger partial charge >= 0.3 is 0 Å². The maximum Gasteiger partial charge on any atom is 0.243 e. The van der Waals surface area contributed by atoms with E-state index in [1.54, 1.807) is 36.7 Å². The molecule has 0 unspecified atom stereocenters. The topological polar surface area (TPSA) is 146 Å². The molecule has 38 heavy (non-hydrogen) atoms. The number of fused-ring (bicyclic) bond motifs is 1. The molecular weight excluding hydrogens is 522 g/mol. The van der Waals surface area contributed by atoms with Crippen LogP contribution < -0.4 is 16.4 Å². The highest BCUT2D eigenvalue weighted by atomic mass is 32.2. The van der Waals surface area contributed by atoms with Gasteiger partial charge in [0.15, 0.2) is 5.13 Å². The monoisotopic (exact) mass is 551 g/mol. The second-order valence-electron chi connectivity index (χ2n) is 8.96. The number of aliphatic hydroxyl groups excluding tert-OH is 1. The Morgan fingerprint density at radius 2 is 1.76 bits per heavy atom. The molecule has 5 rings (SSSR count). The molecule has 0 saturated carbocycles. The number of nitrogens with one attached hydrogen (secondary N) is 2. The number of aromatic nitrogens is 3. The van der Waals surface area contributed by atoms with Crippen molar-refractivity contribution in [2.75, 3.05) is 37.3 Å². The predicted molar refractivity (Wildman–Crippen MR) is 152 cm³/mol. The van der Waals surface area contributed by atoms with E-state index in [1.165, 1.54) is 15.6 Å². The Bertz CT molecular complexity index is 1510. The highest BCUT2D eigenvalue weighted by Crippen LogP contribution is 2.26. The molecule has 1 aliphatic heterocycles. The fourth-order valence-electron chi connectivity index (χ4n) is 4.30. The van der Waals surface area contributed by atoms with E-state index >= 15 is 0 Å². The summed E-state index contributed by atoms with van der Waals surface area (Å²) in [5.41, 5.74) is 9.23. The highest BCUT2D eigenvalue weighted by Gasteiger charge is 2.29. The number of anilines is 3. The normalized spacial score (nSPS) is 15.4. The van der Waals surface area contributed by atoms with Crippen LogP contribution in [0.5, 0.6) is 0 Å². The molecule has 2 aromatic heterocycles. The Morgan fingerprint density at radius 1 is 1.05 bits per heavy atom. The van der Waals surface area contributed by atoms with Crippen LogP contribution in [0.1, 0.15) is 24.0 Å². The Morgan fingerprint density at radius 3 is 2.47 bits per heavy atom. The third kappa shape index (κ3) is 6.17. The average Bonchev–Trinajstić information content (AvgIpc) is 3.31. The molecule has 0 amide bonds. The molecule has 0 spiro atoms. The van der Waals surface area contributed by atoms with E-state index in [0.717, 1.165) is 34.2 Å². The smallest absolute Gasteiger partial charge is 0.243 e. The minimum absolute atomic E-state index is 0.0765. The molecule has 10 nitrogen and oxygen atoms in total. The summed E-state index contributed by atoms with van der Waals surface area (Å²) in [4.78, 5) is 13.3. The van der Waals surface area contributed by atoms with Gasteiger partial charge in [0.2, 0.25) is 16.0 Å². The van der Waals surface area contributed by atoms with Crippen LogP contribution in [-0.4, -0.2) is 65.1 Å². The highest BCUT2D eigenvalue weighted by molar-refractivity contribution is 7.89. The van der Waals surface area contributed by atoms with Crippen LogP contribution in [0.4, 0.5) is 16.8 Å². The zero-order valence-corrected chi connectivity index (χ0v) is 22.3. The van der Waals surface area contributed by atoms with Gasteiger partial charge in [0.1, 0.15) is 0 Å². The van der Waals surface area contributed by atoms with Gasteiger partial charge in [0.25, 0.3) is 0 Å². The van der Waals surface area contributed by atoms with Crippen molar-refractivity contribution < 1.29 is 13.5 Å². The molecular formula is C26H29N7O3S2. The first-order valence-electron chi connectivity index (χ1n) is 12.3. The van der Waals surface area contributed by atoms with E-state index in [4.69, 9.17) is 10.8 Å². The Kier molecular flexibility index (Phi) is 7.95. The molecule has 198 valence electrons. The van der Waals surface area contributed by atoms with Gasteiger partial charge in [0.05, 0.1) is 21.7 Å². The van der Waals surface area contributed by atoms with E-state index in [2.05, 4.69) is 25.6 Å². The first-order chi connectivity index (χ1) is 18.4. The van der Waals surface area contributed by atoms with Gasteiger partial charge in [0, 0.05) is 49.3 Å². The van der Waals surface area contributed by atoms with Crippen LogP contribution in [0.3, 0.4) is 0 Å². The van der Waals surface area contributed by atoms with Crippen molar-refractivity contribution in [3.63, 3.8) is 0 Å². The van der Waals surface area contributed by atoms with Crippen molar-refractivity contribution in [3.8, 4) is 0 Å². The van der Waals surface area contributed by atoms with Crippen molar-refractivity contribution in [2.45, 2.75) is 23.8 Å². The minimum atomic E-state index is -3.56. The van der Waals surface area contributed by atoms with Crippen LogP contribution in [0.15, 0.2) is 59.8 Å². The molecule has 0 bridgehead atoms. The van der Waals surface area contributed by atoms with Gasteiger partial charge in [-0.15, -0.1) is 0 Å². The van der Waals surface area contributed by atoms with Crippen molar-refractivity contribution >= 4 is 60.5 Å². The second kappa shape index (κ2) is 11.5. The number of hydrogen-bond acceptors (Lipinski definition) is 10. The van der Waals surface area contributed by atoms with Crippen LogP contribution >= 0.6 is 11.3 Å². The zero-order chi connectivity index (χ0) is 26.5. The van der Waals surface area contributed by atoms with Gasteiger partial charge in [-0.05, 0) is 54.8 Å². The molecule has 0 radical (unpaired) electrons. The zero-order valence-electron chi connectivity index (χ0n) is 20.6. The molecule has 0 atom stereocenters. The van der Waals surface area contributed by atoms with E-state index in [0.29, 0.717) is 36.4 Å². The lowest BCUT2D eigenvalue weighted by atomic mass is 10.1. The first kappa shape index (κ1) is 26.2. The number of nitrogen functional groups attached to an aromatic ring is 1. The van der Waals surface area contributed by atoms with E-state index in [-0.39, 0.29) is 17.5 Å². The van der Waals surface area contributed by atoms with Gasteiger partial charge in [-0.25, -0.2) is 23.4 Å². The number of nitrogens with two attached hydrogens (primary N) is 1. The number of aliphatic hydroxyl groups is 1. The number of nitrogens with zero attached hydrogens (tertiary/aromatic N) is 4. The number of piperidine rings is 1. The third-order valence-electron chi connectivity index (χ3n) is 6.32. The summed E-state index contributed by atoms with van der Waals surface area (Å²) in [5.74, 6) is 0.414. The summed E-state index contributed by atoms with van der Waals surface area (Å²) in [5, 5.41) is 15.9. The lowest BCUT2D eigenvalue weighted by Crippen LogP contribution is -2.45. The van der Waals surface area contributed by atoms with Crippen LogP contribution in [0.2, 0.25) is 0 Å². The summed E-state index contributed by atoms with van der Waals surface area (Å²) in [6.07, 6.45) is 8.78. The van der Waals surface area contributed by atoms with Crippen molar-refractivity contribution in [1.29, 1.82) is 0 Å². The van der Waals surface area contributed by atoms with E-state index in [9.17, 15) is 8.42 Å².